The van der Waals surface area contributed by atoms with Gasteiger partial charge in [-0.15, -0.1) is 0 Å². The van der Waals surface area contributed by atoms with Crippen LogP contribution in [0.15, 0.2) is 11.3 Å². The third-order valence-corrected chi connectivity index (χ3v) is 2.69. The smallest absolute Gasteiger partial charge is 0.197 e. The summed E-state index contributed by atoms with van der Waals surface area (Å²) in [6.07, 6.45) is 2.47. The van der Waals surface area contributed by atoms with Crippen LogP contribution < -0.4 is 21.7 Å². The lowest BCUT2D eigenvalue weighted by Gasteiger charge is -2.34. The molecule has 1 aromatic heterocycles. The molecule has 1 atom stereocenters. The predicted molar refractivity (Wildman–Crippen MR) is 72.5 cm³/mol. The van der Waals surface area contributed by atoms with E-state index in [1.807, 2.05) is 14.0 Å². The summed E-state index contributed by atoms with van der Waals surface area (Å²) in [6, 6.07) is 0. The van der Waals surface area contributed by atoms with Crippen molar-refractivity contribution in [3.05, 3.63) is 12.0 Å². The van der Waals surface area contributed by atoms with Crippen molar-refractivity contribution < 1.29 is 0 Å². The number of fused-ring (bicyclic) bond motifs is 1. The molecule has 1 aliphatic rings. The summed E-state index contributed by atoms with van der Waals surface area (Å²) in [7, 11) is 1.81. The van der Waals surface area contributed by atoms with E-state index in [-0.39, 0.29) is 0 Å². The fourth-order valence-corrected chi connectivity index (χ4v) is 1.84. The highest BCUT2D eigenvalue weighted by Gasteiger charge is 2.33. The van der Waals surface area contributed by atoms with Gasteiger partial charge in [0.05, 0.1) is 0 Å². The van der Waals surface area contributed by atoms with Gasteiger partial charge >= 0.3 is 0 Å². The first-order valence-corrected chi connectivity index (χ1v) is 6.00. The summed E-state index contributed by atoms with van der Waals surface area (Å²) >= 11 is 0. The van der Waals surface area contributed by atoms with Crippen molar-refractivity contribution in [1.82, 2.24) is 15.3 Å². The maximum Gasteiger partial charge on any atom is 0.197 e. The second-order valence-electron chi connectivity index (χ2n) is 4.38. The van der Waals surface area contributed by atoms with Gasteiger partial charge in [-0.1, -0.05) is 6.92 Å². The van der Waals surface area contributed by atoms with E-state index in [2.05, 4.69) is 37.8 Å². The number of aliphatic imine (C=N–C) groups is 1. The van der Waals surface area contributed by atoms with Crippen LogP contribution in [0.3, 0.4) is 0 Å². The Balaban J connectivity index is 2.43. The summed E-state index contributed by atoms with van der Waals surface area (Å²) in [6.45, 7) is 4.68. The quantitative estimate of drug-likeness (QED) is 0.620. The van der Waals surface area contributed by atoms with E-state index in [4.69, 9.17) is 5.73 Å². The summed E-state index contributed by atoms with van der Waals surface area (Å²) in [5, 5.41) is 9.33. The first-order chi connectivity index (χ1) is 8.58. The van der Waals surface area contributed by atoms with E-state index in [0.29, 0.717) is 11.8 Å². The van der Waals surface area contributed by atoms with Crippen molar-refractivity contribution in [3.8, 4) is 0 Å². The lowest BCUT2D eigenvalue weighted by atomic mass is 10.1. The van der Waals surface area contributed by atoms with Gasteiger partial charge in [-0.25, -0.2) is 9.97 Å². The van der Waals surface area contributed by atoms with Gasteiger partial charge in [-0.2, -0.15) is 0 Å². The van der Waals surface area contributed by atoms with Crippen LogP contribution in [0, 0.1) is 0 Å². The van der Waals surface area contributed by atoms with Gasteiger partial charge < -0.3 is 21.7 Å². The van der Waals surface area contributed by atoms with Crippen molar-refractivity contribution in [2.24, 2.45) is 10.7 Å². The molecule has 0 bridgehead atoms. The number of hydrogen-bond acceptors (Lipinski definition) is 5. The number of nitrogens with two attached hydrogens (primary N) is 1. The Morgan fingerprint density at radius 1 is 1.50 bits per heavy atom. The number of rotatable bonds is 3. The third-order valence-electron chi connectivity index (χ3n) is 2.69. The van der Waals surface area contributed by atoms with Crippen molar-refractivity contribution >= 4 is 17.5 Å². The molecule has 2 rings (SSSR count). The first kappa shape index (κ1) is 12.6. The van der Waals surface area contributed by atoms with Gasteiger partial charge in [0, 0.05) is 13.6 Å². The van der Waals surface area contributed by atoms with Crippen molar-refractivity contribution in [2.45, 2.75) is 25.9 Å². The number of hydrogen-bond donors (Lipinski definition) is 4. The molecule has 7 heteroatoms. The molecule has 0 saturated carbocycles. The Hall–Kier alpha value is -1.89. The second kappa shape index (κ2) is 4.77. The molecule has 0 aromatic carbocycles. The first-order valence-electron chi connectivity index (χ1n) is 6.00. The van der Waals surface area contributed by atoms with Crippen LogP contribution in [0.1, 0.15) is 26.0 Å². The van der Waals surface area contributed by atoms with Crippen molar-refractivity contribution in [1.29, 1.82) is 0 Å². The standard InChI is InChI=1S/C11H19N7/c1-4-5-14-10-17-7-8(11(2,12)18-10)15-6-16-9(7)13-3/h6H,4-5,12H2,1-3H3,(H,13,15,16)(H2,14,17,18). The number of nitrogens with zero attached hydrogens (tertiary/aromatic N) is 3. The van der Waals surface area contributed by atoms with Crippen LogP contribution >= 0.6 is 0 Å². The molecule has 2 heterocycles. The molecule has 98 valence electrons. The van der Waals surface area contributed by atoms with Gasteiger partial charge in [0.2, 0.25) is 0 Å². The normalized spacial score (nSPS) is 24.1. The molecule has 1 aliphatic heterocycles. The minimum atomic E-state index is -0.762. The Bertz CT molecular complexity index is 466. The summed E-state index contributed by atoms with van der Waals surface area (Å²) in [5.74, 6) is 1.36. The number of aromatic nitrogens is 2. The molecular formula is C11H19N7. The minimum absolute atomic E-state index is 0.653. The Kier molecular flexibility index (Phi) is 3.33. The van der Waals surface area contributed by atoms with Crippen LogP contribution in [0.2, 0.25) is 0 Å². The van der Waals surface area contributed by atoms with Gasteiger partial charge in [-0.3, -0.25) is 4.99 Å². The molecule has 0 amide bonds. The highest BCUT2D eigenvalue weighted by Crippen LogP contribution is 2.30. The molecule has 0 saturated heterocycles. The molecule has 1 unspecified atom stereocenters. The van der Waals surface area contributed by atoms with Gasteiger partial charge in [0.1, 0.15) is 23.4 Å². The van der Waals surface area contributed by atoms with E-state index in [9.17, 15) is 0 Å². The van der Waals surface area contributed by atoms with Crippen LogP contribution in [0.5, 0.6) is 0 Å². The summed E-state index contributed by atoms with van der Waals surface area (Å²) in [5.41, 5.74) is 6.96. The number of anilines is 2. The lowest BCUT2D eigenvalue weighted by molar-refractivity contribution is 0.435. The maximum atomic E-state index is 6.23. The fourth-order valence-electron chi connectivity index (χ4n) is 1.84. The highest BCUT2D eigenvalue weighted by molar-refractivity contribution is 5.99. The Labute approximate surface area is 106 Å². The van der Waals surface area contributed by atoms with Crippen molar-refractivity contribution in [3.63, 3.8) is 0 Å². The molecular weight excluding hydrogens is 230 g/mol. The van der Waals surface area contributed by atoms with E-state index < -0.39 is 5.66 Å². The second-order valence-corrected chi connectivity index (χ2v) is 4.38. The minimum Gasteiger partial charge on any atom is -0.371 e. The zero-order chi connectivity index (χ0) is 13.2. The van der Waals surface area contributed by atoms with E-state index in [0.717, 1.165) is 24.3 Å². The molecule has 0 spiro atoms. The Morgan fingerprint density at radius 2 is 2.28 bits per heavy atom. The molecule has 1 aromatic rings. The topological polar surface area (TPSA) is 100 Å². The van der Waals surface area contributed by atoms with Gasteiger partial charge in [0.25, 0.3) is 0 Å². The van der Waals surface area contributed by atoms with Gasteiger partial charge in [0.15, 0.2) is 11.8 Å². The zero-order valence-electron chi connectivity index (χ0n) is 10.9. The van der Waals surface area contributed by atoms with Crippen LogP contribution in [-0.4, -0.2) is 29.5 Å². The molecule has 18 heavy (non-hydrogen) atoms. The molecule has 0 fully saturated rings. The van der Waals surface area contributed by atoms with Crippen molar-refractivity contribution in [2.75, 3.05) is 24.2 Å². The summed E-state index contributed by atoms with van der Waals surface area (Å²) in [4.78, 5) is 12.8. The average molecular weight is 249 g/mol. The van der Waals surface area contributed by atoms with Crippen LogP contribution in [0.4, 0.5) is 11.5 Å². The highest BCUT2D eigenvalue weighted by atomic mass is 15.3. The lowest BCUT2D eigenvalue weighted by Crippen LogP contribution is -2.57. The number of guanidine groups is 1. The predicted octanol–water partition coefficient (Wildman–Crippen LogP) is 0.431. The Morgan fingerprint density at radius 3 is 2.94 bits per heavy atom. The SMILES string of the molecule is CCCN=C1Nc2c(NC)ncnc2C(C)(N)N1. The largest absolute Gasteiger partial charge is 0.371 e. The fraction of sp³-hybridized carbons (Fsp3) is 0.545. The molecule has 5 N–H and O–H groups in total. The average Bonchev–Trinajstić information content (AvgIpc) is 2.35. The summed E-state index contributed by atoms with van der Waals surface area (Å²) < 4.78 is 0. The molecule has 0 radical (unpaired) electrons. The van der Waals surface area contributed by atoms with E-state index in [1.165, 1.54) is 6.33 Å². The molecule has 0 aliphatic carbocycles. The number of nitrogens with one attached hydrogen (secondary N) is 3. The zero-order valence-corrected chi connectivity index (χ0v) is 10.9. The molecule has 7 nitrogen and oxygen atoms in total. The monoisotopic (exact) mass is 249 g/mol. The van der Waals surface area contributed by atoms with Gasteiger partial charge in [-0.05, 0) is 13.3 Å². The van der Waals surface area contributed by atoms with Crippen LogP contribution in [-0.2, 0) is 5.66 Å². The van der Waals surface area contributed by atoms with E-state index >= 15 is 0 Å². The maximum absolute atomic E-state index is 6.23. The third kappa shape index (κ3) is 2.21. The van der Waals surface area contributed by atoms with Crippen LogP contribution in [0.25, 0.3) is 0 Å². The van der Waals surface area contributed by atoms with E-state index in [1.54, 1.807) is 0 Å².